The van der Waals surface area contributed by atoms with Gasteiger partial charge in [0.1, 0.15) is 17.9 Å². The molecular weight excluding hydrogens is 318 g/mol. The second kappa shape index (κ2) is 7.51. The zero-order chi connectivity index (χ0) is 17.8. The van der Waals surface area contributed by atoms with Crippen molar-refractivity contribution in [1.82, 2.24) is 4.90 Å². The molecule has 0 bridgehead atoms. The van der Waals surface area contributed by atoms with Crippen LogP contribution in [0.4, 0.5) is 0 Å². The van der Waals surface area contributed by atoms with Crippen LogP contribution in [0.1, 0.15) is 16.7 Å². The molecule has 0 radical (unpaired) electrons. The van der Waals surface area contributed by atoms with E-state index in [1.807, 2.05) is 55.4 Å². The Morgan fingerprint density at radius 1 is 1.04 bits per heavy atom. The molecule has 0 fully saturated rings. The van der Waals surface area contributed by atoms with Gasteiger partial charge in [-0.15, -0.1) is 0 Å². The van der Waals surface area contributed by atoms with Crippen molar-refractivity contribution >= 4 is 11.0 Å². The smallest absolute Gasteiger partial charge is 0.336 e. The van der Waals surface area contributed by atoms with E-state index in [9.17, 15) is 4.79 Å². The van der Waals surface area contributed by atoms with Crippen molar-refractivity contribution in [3.05, 3.63) is 75.6 Å². The summed E-state index contributed by atoms with van der Waals surface area (Å²) < 4.78 is 11.1. The predicted molar refractivity (Wildman–Crippen MR) is 96.6 cm³/mol. The molecule has 5 nitrogen and oxygen atoms in total. The molecule has 0 aliphatic carbocycles. The van der Waals surface area contributed by atoms with Crippen LogP contribution in [0.5, 0.6) is 5.75 Å². The third-order valence-corrected chi connectivity index (χ3v) is 3.90. The number of nitrogens with zero attached hydrogens (tertiary/aromatic N) is 1. The third kappa shape index (κ3) is 4.26. The van der Waals surface area contributed by atoms with E-state index in [2.05, 4.69) is 0 Å². The standard InChI is InChI=1S/C20H21NO4/c1-21(2)11-16-9-20(23)25-19-10-17(7-8-18(16)19)24-13-15-5-3-14(12-22)4-6-15/h3-10,22H,11-13H2,1-2H3. The van der Waals surface area contributed by atoms with Crippen molar-refractivity contribution in [2.45, 2.75) is 19.8 Å². The minimum atomic E-state index is -0.360. The van der Waals surface area contributed by atoms with Crippen LogP contribution in [0.15, 0.2) is 57.7 Å². The number of fused-ring (bicyclic) bond motifs is 1. The van der Waals surface area contributed by atoms with E-state index in [4.69, 9.17) is 14.3 Å². The van der Waals surface area contributed by atoms with Crippen LogP contribution in [0, 0.1) is 0 Å². The Balaban J connectivity index is 1.81. The average molecular weight is 339 g/mol. The molecule has 0 aliphatic rings. The number of aliphatic hydroxyl groups excluding tert-OH is 1. The first-order valence-electron chi connectivity index (χ1n) is 8.08. The van der Waals surface area contributed by atoms with E-state index >= 15 is 0 Å². The van der Waals surface area contributed by atoms with Crippen molar-refractivity contribution in [1.29, 1.82) is 0 Å². The molecule has 3 rings (SSSR count). The topological polar surface area (TPSA) is 62.9 Å². The maximum atomic E-state index is 11.8. The van der Waals surface area contributed by atoms with E-state index in [-0.39, 0.29) is 12.2 Å². The van der Waals surface area contributed by atoms with Crippen LogP contribution in [0.3, 0.4) is 0 Å². The van der Waals surface area contributed by atoms with Crippen molar-refractivity contribution in [2.75, 3.05) is 14.1 Å². The largest absolute Gasteiger partial charge is 0.489 e. The number of rotatable bonds is 6. The quantitative estimate of drug-likeness (QED) is 0.700. The Morgan fingerprint density at radius 3 is 2.44 bits per heavy atom. The van der Waals surface area contributed by atoms with Gasteiger partial charge >= 0.3 is 5.63 Å². The molecule has 2 aromatic carbocycles. The Kier molecular flexibility index (Phi) is 5.16. The summed E-state index contributed by atoms with van der Waals surface area (Å²) in [7, 11) is 3.92. The van der Waals surface area contributed by atoms with Gasteiger partial charge in [0.25, 0.3) is 0 Å². The van der Waals surface area contributed by atoms with Gasteiger partial charge in [0, 0.05) is 24.1 Å². The molecule has 0 aliphatic heterocycles. The van der Waals surface area contributed by atoms with Crippen molar-refractivity contribution in [2.24, 2.45) is 0 Å². The number of hydrogen-bond acceptors (Lipinski definition) is 5. The molecule has 1 N–H and O–H groups in total. The van der Waals surface area contributed by atoms with E-state index < -0.39 is 0 Å². The fraction of sp³-hybridized carbons (Fsp3) is 0.250. The lowest BCUT2D eigenvalue weighted by atomic mass is 10.1. The lowest BCUT2D eigenvalue weighted by molar-refractivity contribution is 0.281. The fourth-order valence-corrected chi connectivity index (χ4v) is 2.68. The Morgan fingerprint density at radius 2 is 1.76 bits per heavy atom. The molecule has 5 heteroatoms. The second-order valence-corrected chi connectivity index (χ2v) is 6.25. The van der Waals surface area contributed by atoms with Gasteiger partial charge in [0.2, 0.25) is 0 Å². The summed E-state index contributed by atoms with van der Waals surface area (Å²) in [6.07, 6.45) is 0. The Hall–Kier alpha value is -2.63. The normalized spacial score (nSPS) is 11.2. The highest BCUT2D eigenvalue weighted by Crippen LogP contribution is 2.24. The first-order chi connectivity index (χ1) is 12.0. The zero-order valence-electron chi connectivity index (χ0n) is 14.4. The average Bonchev–Trinajstić information content (AvgIpc) is 2.59. The van der Waals surface area contributed by atoms with Crippen LogP contribution in [-0.4, -0.2) is 24.1 Å². The minimum absolute atomic E-state index is 0.0279. The minimum Gasteiger partial charge on any atom is -0.489 e. The molecule has 130 valence electrons. The van der Waals surface area contributed by atoms with Gasteiger partial charge in [-0.1, -0.05) is 24.3 Å². The maximum Gasteiger partial charge on any atom is 0.336 e. The summed E-state index contributed by atoms with van der Waals surface area (Å²) in [5.41, 5.74) is 2.96. The summed E-state index contributed by atoms with van der Waals surface area (Å²) in [5.74, 6) is 0.642. The van der Waals surface area contributed by atoms with Crippen LogP contribution in [0.25, 0.3) is 11.0 Å². The van der Waals surface area contributed by atoms with Gasteiger partial charge < -0.3 is 19.2 Å². The van der Waals surface area contributed by atoms with E-state index in [0.717, 1.165) is 22.1 Å². The Labute approximate surface area is 146 Å². The molecule has 0 unspecified atom stereocenters. The third-order valence-electron chi connectivity index (χ3n) is 3.90. The zero-order valence-corrected chi connectivity index (χ0v) is 14.4. The monoisotopic (exact) mass is 339 g/mol. The predicted octanol–water partition coefficient (Wildman–Crippen LogP) is 2.93. The summed E-state index contributed by atoms with van der Waals surface area (Å²) in [6, 6.07) is 14.6. The fourth-order valence-electron chi connectivity index (χ4n) is 2.68. The molecule has 3 aromatic rings. The summed E-state index contributed by atoms with van der Waals surface area (Å²) in [4.78, 5) is 13.8. The van der Waals surface area contributed by atoms with Gasteiger partial charge in [-0.05, 0) is 42.9 Å². The molecule has 0 saturated carbocycles. The number of benzene rings is 2. The molecule has 1 aromatic heterocycles. The highest BCUT2D eigenvalue weighted by atomic mass is 16.5. The lowest BCUT2D eigenvalue weighted by Crippen LogP contribution is -2.13. The van der Waals surface area contributed by atoms with Crippen molar-refractivity contribution in [3.63, 3.8) is 0 Å². The van der Waals surface area contributed by atoms with Crippen LogP contribution >= 0.6 is 0 Å². The number of ether oxygens (including phenoxy) is 1. The van der Waals surface area contributed by atoms with Crippen molar-refractivity contribution < 1.29 is 14.3 Å². The lowest BCUT2D eigenvalue weighted by Gasteiger charge is -2.12. The van der Waals surface area contributed by atoms with E-state index in [1.54, 1.807) is 6.07 Å². The van der Waals surface area contributed by atoms with Gasteiger partial charge in [0.05, 0.1) is 6.61 Å². The van der Waals surface area contributed by atoms with Gasteiger partial charge in [-0.3, -0.25) is 0 Å². The SMILES string of the molecule is CN(C)Cc1cc(=O)oc2cc(OCc3ccc(CO)cc3)ccc12. The highest BCUT2D eigenvalue weighted by Gasteiger charge is 2.08. The summed E-state index contributed by atoms with van der Waals surface area (Å²) in [5, 5.41) is 9.98. The van der Waals surface area contributed by atoms with Gasteiger partial charge in [-0.2, -0.15) is 0 Å². The van der Waals surface area contributed by atoms with Crippen LogP contribution < -0.4 is 10.4 Å². The molecule has 0 amide bonds. The molecule has 1 heterocycles. The summed E-state index contributed by atoms with van der Waals surface area (Å²) >= 11 is 0. The first-order valence-corrected chi connectivity index (χ1v) is 8.08. The van der Waals surface area contributed by atoms with E-state index in [1.165, 1.54) is 6.07 Å². The Bertz CT molecular complexity index is 913. The first kappa shape index (κ1) is 17.2. The van der Waals surface area contributed by atoms with Crippen LogP contribution in [-0.2, 0) is 19.8 Å². The highest BCUT2D eigenvalue weighted by molar-refractivity contribution is 5.81. The molecule has 25 heavy (non-hydrogen) atoms. The second-order valence-electron chi connectivity index (χ2n) is 6.25. The molecule has 0 spiro atoms. The van der Waals surface area contributed by atoms with Gasteiger partial charge in [-0.25, -0.2) is 4.79 Å². The summed E-state index contributed by atoms with van der Waals surface area (Å²) in [6.45, 7) is 1.10. The van der Waals surface area contributed by atoms with E-state index in [0.29, 0.717) is 24.5 Å². The van der Waals surface area contributed by atoms with Crippen LogP contribution in [0.2, 0.25) is 0 Å². The number of aliphatic hydroxyl groups is 1. The molecule has 0 saturated heterocycles. The van der Waals surface area contributed by atoms with Gasteiger partial charge in [0.15, 0.2) is 0 Å². The maximum absolute atomic E-state index is 11.8. The number of hydrogen-bond donors (Lipinski definition) is 1. The van der Waals surface area contributed by atoms with Crippen molar-refractivity contribution in [3.8, 4) is 5.75 Å². The molecular formula is C20H21NO4. The molecule has 0 atom stereocenters.